The van der Waals surface area contributed by atoms with Crippen LogP contribution in [-0.2, 0) is 17.6 Å². The number of carbonyl (C=O) groups is 2. The number of carbonyl (C=O) groups excluding carboxylic acids is 2. The van der Waals surface area contributed by atoms with Crippen molar-refractivity contribution < 1.29 is 9.59 Å². The van der Waals surface area contributed by atoms with E-state index < -0.39 is 11.2 Å². The number of nitrogens with two attached hydrogens (primary N) is 1. The Morgan fingerprint density at radius 3 is 3.04 bits per heavy atom. The van der Waals surface area contributed by atoms with Gasteiger partial charge in [-0.3, -0.25) is 9.59 Å². The minimum absolute atomic E-state index is 0.214. The maximum Gasteiger partial charge on any atom is 0.251 e. The number of hydrogen-bond acceptors (Lipinski definition) is 6. The number of H-pyrrole nitrogens is 1. The van der Waals surface area contributed by atoms with Crippen LogP contribution in [-0.4, -0.2) is 32.0 Å². The fourth-order valence-corrected chi connectivity index (χ4v) is 5.36. The number of halogens is 1. The van der Waals surface area contributed by atoms with Gasteiger partial charge in [-0.15, -0.1) is 11.3 Å². The van der Waals surface area contributed by atoms with E-state index in [-0.39, 0.29) is 5.91 Å². The van der Waals surface area contributed by atoms with Gasteiger partial charge in [0, 0.05) is 11.1 Å². The Kier molecular flexibility index (Phi) is 4.83. The van der Waals surface area contributed by atoms with Gasteiger partial charge in [-0.2, -0.15) is 0 Å². The lowest BCUT2D eigenvalue weighted by Gasteiger charge is -2.10. The molecular formula is C17H16ClN5O2S2. The van der Waals surface area contributed by atoms with Gasteiger partial charge >= 0.3 is 0 Å². The quantitative estimate of drug-likeness (QED) is 0.546. The van der Waals surface area contributed by atoms with Gasteiger partial charge in [-0.25, -0.2) is 9.97 Å². The van der Waals surface area contributed by atoms with Crippen molar-refractivity contribution in [1.29, 1.82) is 0 Å². The van der Waals surface area contributed by atoms with Crippen LogP contribution in [0, 0.1) is 0 Å². The molecule has 1 unspecified atom stereocenters. The molecule has 0 saturated heterocycles. The third-order valence-electron chi connectivity index (χ3n) is 4.34. The fraction of sp³-hybridized carbons (Fsp3) is 0.294. The number of anilines is 1. The number of amides is 2. The van der Waals surface area contributed by atoms with Crippen LogP contribution in [0.15, 0.2) is 17.4 Å². The molecule has 1 aliphatic rings. The number of aromatic nitrogens is 3. The number of rotatable bonds is 5. The number of thiophene rings is 1. The second kappa shape index (κ2) is 7.14. The van der Waals surface area contributed by atoms with Crippen molar-refractivity contribution in [3.05, 3.63) is 33.3 Å². The zero-order valence-electron chi connectivity index (χ0n) is 14.3. The van der Waals surface area contributed by atoms with Crippen molar-refractivity contribution in [3.63, 3.8) is 0 Å². The highest BCUT2D eigenvalue weighted by Crippen LogP contribution is 2.39. The molecule has 3 heterocycles. The summed E-state index contributed by atoms with van der Waals surface area (Å²) in [4.78, 5) is 37.2. The Hall–Kier alpha value is -2.10. The van der Waals surface area contributed by atoms with Gasteiger partial charge in [-0.1, -0.05) is 23.4 Å². The van der Waals surface area contributed by atoms with Crippen molar-refractivity contribution in [2.24, 2.45) is 5.73 Å². The Bertz CT molecular complexity index is 1060. The number of aryl methyl sites for hydroxylation is 1. The lowest BCUT2D eigenvalue weighted by atomic mass is 10.1. The molecule has 1 atom stereocenters. The van der Waals surface area contributed by atoms with E-state index >= 15 is 0 Å². The standard InChI is InChI=1S/C17H16ClN5O2S2/c1-7(26-17-21-10-5-8(18)6-20-14(10)22-17)15(25)23-16-12(13(19)24)9-3-2-4-11(9)27-16/h5-7H,2-4H2,1H3,(H2,19,24)(H,23,25)(H,20,21,22). The van der Waals surface area contributed by atoms with E-state index in [1.165, 1.54) is 29.3 Å². The van der Waals surface area contributed by atoms with E-state index in [0.29, 0.717) is 31.9 Å². The minimum atomic E-state index is -0.495. The maximum absolute atomic E-state index is 12.6. The maximum atomic E-state index is 12.6. The fourth-order valence-electron chi connectivity index (χ4n) is 3.10. The third-order valence-corrected chi connectivity index (χ3v) is 6.74. The lowest BCUT2D eigenvalue weighted by molar-refractivity contribution is -0.115. The molecule has 2 amide bonds. The molecule has 10 heteroatoms. The molecule has 27 heavy (non-hydrogen) atoms. The molecule has 4 rings (SSSR count). The zero-order valence-corrected chi connectivity index (χ0v) is 16.7. The van der Waals surface area contributed by atoms with Crippen molar-refractivity contribution >= 4 is 62.7 Å². The number of nitrogens with zero attached hydrogens (tertiary/aromatic N) is 2. The Balaban J connectivity index is 1.50. The average molecular weight is 422 g/mol. The Labute approximate surface area is 168 Å². The molecule has 4 N–H and O–H groups in total. The minimum Gasteiger partial charge on any atom is -0.365 e. The van der Waals surface area contributed by atoms with E-state index in [9.17, 15) is 9.59 Å². The first-order valence-electron chi connectivity index (χ1n) is 8.35. The number of primary amides is 1. The third kappa shape index (κ3) is 3.54. The molecule has 0 spiro atoms. The summed E-state index contributed by atoms with van der Waals surface area (Å²) in [5, 5.41) is 4.06. The van der Waals surface area contributed by atoms with Gasteiger partial charge in [0.2, 0.25) is 5.91 Å². The molecule has 0 radical (unpaired) electrons. The highest BCUT2D eigenvalue weighted by atomic mass is 35.5. The van der Waals surface area contributed by atoms with Gasteiger partial charge in [0.25, 0.3) is 5.91 Å². The highest BCUT2D eigenvalue weighted by Gasteiger charge is 2.27. The van der Waals surface area contributed by atoms with Crippen LogP contribution in [0.4, 0.5) is 5.00 Å². The van der Waals surface area contributed by atoms with Crippen LogP contribution in [0.3, 0.4) is 0 Å². The molecule has 0 saturated carbocycles. The highest BCUT2D eigenvalue weighted by molar-refractivity contribution is 8.00. The first kappa shape index (κ1) is 18.3. The summed E-state index contributed by atoms with van der Waals surface area (Å²) in [6.07, 6.45) is 4.30. The summed E-state index contributed by atoms with van der Waals surface area (Å²) in [6.45, 7) is 1.78. The predicted molar refractivity (Wildman–Crippen MR) is 108 cm³/mol. The summed E-state index contributed by atoms with van der Waals surface area (Å²) in [6, 6.07) is 1.73. The molecule has 1 aliphatic carbocycles. The zero-order chi connectivity index (χ0) is 19.1. The second-order valence-corrected chi connectivity index (χ2v) is 9.11. The largest absolute Gasteiger partial charge is 0.365 e. The Morgan fingerprint density at radius 2 is 2.26 bits per heavy atom. The summed E-state index contributed by atoms with van der Waals surface area (Å²) in [5.74, 6) is -0.709. The smallest absolute Gasteiger partial charge is 0.251 e. The monoisotopic (exact) mass is 421 g/mol. The predicted octanol–water partition coefficient (Wildman–Crippen LogP) is 3.38. The number of fused-ring (bicyclic) bond motifs is 2. The van der Waals surface area contributed by atoms with Crippen molar-refractivity contribution in [2.75, 3.05) is 5.32 Å². The summed E-state index contributed by atoms with van der Waals surface area (Å²) in [5.41, 5.74) is 8.24. The van der Waals surface area contributed by atoms with Crippen LogP contribution in [0.5, 0.6) is 0 Å². The lowest BCUT2D eigenvalue weighted by Crippen LogP contribution is -2.24. The van der Waals surface area contributed by atoms with Crippen LogP contribution < -0.4 is 11.1 Å². The molecule has 0 aliphatic heterocycles. The number of thioether (sulfide) groups is 1. The van der Waals surface area contributed by atoms with E-state index in [2.05, 4.69) is 20.3 Å². The van der Waals surface area contributed by atoms with Gasteiger partial charge < -0.3 is 16.0 Å². The van der Waals surface area contributed by atoms with Crippen molar-refractivity contribution in [2.45, 2.75) is 36.6 Å². The van der Waals surface area contributed by atoms with E-state index in [1.807, 2.05) is 0 Å². The van der Waals surface area contributed by atoms with Gasteiger partial charge in [0.1, 0.15) is 5.00 Å². The van der Waals surface area contributed by atoms with E-state index in [4.69, 9.17) is 17.3 Å². The molecule has 7 nitrogen and oxygen atoms in total. The van der Waals surface area contributed by atoms with Gasteiger partial charge in [0.05, 0.1) is 21.4 Å². The number of aromatic amines is 1. The van der Waals surface area contributed by atoms with E-state index in [1.54, 1.807) is 13.0 Å². The van der Waals surface area contributed by atoms with Crippen molar-refractivity contribution in [1.82, 2.24) is 15.0 Å². The summed E-state index contributed by atoms with van der Waals surface area (Å²) >= 11 is 8.65. The number of pyridine rings is 1. The van der Waals surface area contributed by atoms with E-state index in [0.717, 1.165) is 29.7 Å². The van der Waals surface area contributed by atoms with Crippen molar-refractivity contribution in [3.8, 4) is 0 Å². The molecule has 0 fully saturated rings. The van der Waals surface area contributed by atoms with Gasteiger partial charge in [0.15, 0.2) is 10.8 Å². The Morgan fingerprint density at radius 1 is 1.44 bits per heavy atom. The normalized spacial score (nSPS) is 14.3. The van der Waals surface area contributed by atoms with Crippen LogP contribution >= 0.6 is 34.7 Å². The number of imidazole rings is 1. The summed E-state index contributed by atoms with van der Waals surface area (Å²) < 4.78 is 0. The van der Waals surface area contributed by atoms with Crippen LogP contribution in [0.2, 0.25) is 5.02 Å². The molecule has 0 aromatic carbocycles. The van der Waals surface area contributed by atoms with Crippen LogP contribution in [0.1, 0.15) is 34.1 Å². The SMILES string of the molecule is CC(Sc1nc2ncc(Cl)cc2[nH]1)C(=O)Nc1sc2c(c1C(N)=O)CCC2. The van der Waals surface area contributed by atoms with Crippen LogP contribution in [0.25, 0.3) is 11.2 Å². The first-order valence-corrected chi connectivity index (χ1v) is 10.4. The number of nitrogens with one attached hydrogen (secondary N) is 2. The van der Waals surface area contributed by atoms with Gasteiger partial charge in [-0.05, 0) is 37.8 Å². The molecule has 140 valence electrons. The molecule has 3 aromatic rings. The molecular weight excluding hydrogens is 406 g/mol. The number of hydrogen-bond donors (Lipinski definition) is 3. The summed E-state index contributed by atoms with van der Waals surface area (Å²) in [7, 11) is 0. The first-order chi connectivity index (χ1) is 12.9. The second-order valence-electron chi connectivity index (χ2n) is 6.24. The average Bonchev–Trinajstić information content (AvgIpc) is 3.27. The molecule has 3 aromatic heterocycles. The molecule has 0 bridgehead atoms. The topological polar surface area (TPSA) is 114 Å².